The van der Waals surface area contributed by atoms with Crippen LogP contribution in [0.1, 0.15) is 25.3 Å². The molecule has 3 aromatic rings. The van der Waals surface area contributed by atoms with Crippen LogP contribution in [0.5, 0.6) is 17.2 Å². The number of aryl methyl sites for hydroxylation is 1. The van der Waals surface area contributed by atoms with Gasteiger partial charge in [0.25, 0.3) is 5.56 Å². The molecule has 0 atom stereocenters. The van der Waals surface area contributed by atoms with Crippen LogP contribution in [0.25, 0.3) is 22.0 Å². The number of H-pyrrole nitrogens is 1. The van der Waals surface area contributed by atoms with Gasteiger partial charge >= 0.3 is 0 Å². The van der Waals surface area contributed by atoms with E-state index in [1.807, 2.05) is 30.3 Å². The summed E-state index contributed by atoms with van der Waals surface area (Å²) < 4.78 is 16.1. The third-order valence-electron chi connectivity index (χ3n) is 4.79. The maximum absolute atomic E-state index is 12.8. The quantitative estimate of drug-likeness (QED) is 0.665. The third-order valence-corrected chi connectivity index (χ3v) is 4.79. The maximum atomic E-state index is 12.8. The first-order valence-electron chi connectivity index (χ1n) is 9.08. The fourth-order valence-corrected chi connectivity index (χ4v) is 3.32. The molecule has 0 aliphatic carbocycles. The van der Waals surface area contributed by atoms with E-state index in [0.29, 0.717) is 16.9 Å². The average molecular weight is 367 g/mol. The van der Waals surface area contributed by atoms with Gasteiger partial charge in [0.05, 0.1) is 32.4 Å². The summed E-state index contributed by atoms with van der Waals surface area (Å²) in [5, 5.41) is 1.51. The predicted octanol–water partition coefficient (Wildman–Crippen LogP) is 4.56. The molecule has 2 aromatic carbocycles. The van der Waals surface area contributed by atoms with E-state index in [9.17, 15) is 4.79 Å². The Bertz CT molecular complexity index is 990. The molecule has 0 aliphatic rings. The summed E-state index contributed by atoms with van der Waals surface area (Å²) in [6.07, 6.45) is 2.95. The third kappa shape index (κ3) is 3.63. The van der Waals surface area contributed by atoms with E-state index in [1.165, 1.54) is 0 Å². The van der Waals surface area contributed by atoms with Crippen molar-refractivity contribution in [1.29, 1.82) is 0 Å². The van der Waals surface area contributed by atoms with Crippen molar-refractivity contribution in [3.63, 3.8) is 0 Å². The van der Waals surface area contributed by atoms with Crippen LogP contribution in [0.4, 0.5) is 0 Å². The molecule has 27 heavy (non-hydrogen) atoms. The Morgan fingerprint density at radius 2 is 1.52 bits per heavy atom. The number of benzene rings is 2. The highest BCUT2D eigenvalue weighted by Crippen LogP contribution is 2.35. The summed E-state index contributed by atoms with van der Waals surface area (Å²) >= 11 is 0. The summed E-state index contributed by atoms with van der Waals surface area (Å²) in [5.74, 6) is 1.95. The van der Waals surface area contributed by atoms with Crippen LogP contribution in [0, 0.1) is 0 Å². The summed E-state index contributed by atoms with van der Waals surface area (Å²) in [4.78, 5) is 15.9. The molecular formula is C22H25NO4. The van der Waals surface area contributed by atoms with Gasteiger partial charge in [0.15, 0.2) is 11.5 Å². The summed E-state index contributed by atoms with van der Waals surface area (Å²) in [6.45, 7) is 2.16. The second-order valence-electron chi connectivity index (χ2n) is 6.39. The van der Waals surface area contributed by atoms with Gasteiger partial charge in [-0.2, -0.15) is 0 Å². The molecule has 0 spiro atoms. The van der Waals surface area contributed by atoms with Crippen LogP contribution >= 0.6 is 0 Å². The van der Waals surface area contributed by atoms with Crippen molar-refractivity contribution in [2.45, 2.75) is 26.2 Å². The van der Waals surface area contributed by atoms with Crippen LogP contribution in [0.15, 0.2) is 41.2 Å². The SMILES string of the molecule is CCCCc1c(-c2ccc(OC)cc2)[nH]c(=O)c2cc(OC)c(OC)cc12. The monoisotopic (exact) mass is 367 g/mol. The Balaban J connectivity index is 2.30. The fourth-order valence-electron chi connectivity index (χ4n) is 3.32. The highest BCUT2D eigenvalue weighted by atomic mass is 16.5. The number of nitrogens with one attached hydrogen (secondary N) is 1. The first-order chi connectivity index (χ1) is 13.1. The molecule has 0 saturated heterocycles. The lowest BCUT2D eigenvalue weighted by Crippen LogP contribution is -2.11. The van der Waals surface area contributed by atoms with Gasteiger partial charge in [-0.25, -0.2) is 0 Å². The number of fused-ring (bicyclic) bond motifs is 1. The van der Waals surface area contributed by atoms with Crippen molar-refractivity contribution in [1.82, 2.24) is 4.98 Å². The van der Waals surface area contributed by atoms with Gasteiger partial charge in [0.2, 0.25) is 0 Å². The van der Waals surface area contributed by atoms with Gasteiger partial charge in [-0.15, -0.1) is 0 Å². The van der Waals surface area contributed by atoms with E-state index < -0.39 is 0 Å². The highest BCUT2D eigenvalue weighted by molar-refractivity contribution is 5.92. The molecule has 142 valence electrons. The number of ether oxygens (including phenoxy) is 3. The zero-order valence-corrected chi connectivity index (χ0v) is 16.2. The molecule has 5 nitrogen and oxygen atoms in total. The van der Waals surface area contributed by atoms with E-state index >= 15 is 0 Å². The normalized spacial score (nSPS) is 10.8. The van der Waals surface area contributed by atoms with E-state index in [0.717, 1.165) is 47.2 Å². The van der Waals surface area contributed by atoms with Crippen molar-refractivity contribution in [2.24, 2.45) is 0 Å². The highest BCUT2D eigenvalue weighted by Gasteiger charge is 2.16. The minimum atomic E-state index is -0.142. The van der Waals surface area contributed by atoms with Crippen LogP contribution in [-0.2, 0) is 6.42 Å². The summed E-state index contributed by atoms with van der Waals surface area (Å²) in [7, 11) is 4.81. The van der Waals surface area contributed by atoms with E-state index in [2.05, 4.69) is 11.9 Å². The van der Waals surface area contributed by atoms with Gasteiger partial charge in [-0.3, -0.25) is 4.79 Å². The molecule has 0 saturated carbocycles. The molecule has 1 heterocycles. The van der Waals surface area contributed by atoms with Crippen molar-refractivity contribution >= 4 is 10.8 Å². The Kier molecular flexibility index (Phi) is 5.69. The first kappa shape index (κ1) is 18.8. The molecule has 0 unspecified atom stereocenters. The van der Waals surface area contributed by atoms with Crippen molar-refractivity contribution in [3.05, 3.63) is 52.3 Å². The summed E-state index contributed by atoms with van der Waals surface area (Å²) in [6, 6.07) is 11.4. The molecule has 3 rings (SSSR count). The zero-order valence-electron chi connectivity index (χ0n) is 16.2. The van der Waals surface area contributed by atoms with Crippen LogP contribution in [0.3, 0.4) is 0 Å². The lowest BCUT2D eigenvalue weighted by atomic mass is 9.95. The second kappa shape index (κ2) is 8.16. The number of rotatable bonds is 7. The minimum Gasteiger partial charge on any atom is -0.497 e. The van der Waals surface area contributed by atoms with Crippen LogP contribution in [-0.4, -0.2) is 26.3 Å². The predicted molar refractivity (Wildman–Crippen MR) is 108 cm³/mol. The number of hydrogen-bond donors (Lipinski definition) is 1. The molecule has 0 amide bonds. The number of aromatic nitrogens is 1. The number of pyridine rings is 1. The van der Waals surface area contributed by atoms with E-state index in [1.54, 1.807) is 27.4 Å². The number of methoxy groups -OCH3 is 3. The molecule has 1 N–H and O–H groups in total. The molecular weight excluding hydrogens is 342 g/mol. The van der Waals surface area contributed by atoms with Gasteiger partial charge in [-0.1, -0.05) is 13.3 Å². The molecule has 0 fully saturated rings. The maximum Gasteiger partial charge on any atom is 0.256 e. The number of aromatic amines is 1. The molecule has 0 aliphatic heterocycles. The largest absolute Gasteiger partial charge is 0.497 e. The lowest BCUT2D eigenvalue weighted by molar-refractivity contribution is 0.356. The van der Waals surface area contributed by atoms with Crippen molar-refractivity contribution in [3.8, 4) is 28.5 Å². The Hall–Kier alpha value is -2.95. The zero-order chi connectivity index (χ0) is 19.4. The Morgan fingerprint density at radius 3 is 2.07 bits per heavy atom. The van der Waals surface area contributed by atoms with E-state index in [-0.39, 0.29) is 5.56 Å². The molecule has 1 aromatic heterocycles. The van der Waals surface area contributed by atoms with Crippen molar-refractivity contribution in [2.75, 3.05) is 21.3 Å². The smallest absolute Gasteiger partial charge is 0.256 e. The second-order valence-corrected chi connectivity index (χ2v) is 6.39. The van der Waals surface area contributed by atoms with Gasteiger partial charge < -0.3 is 19.2 Å². The molecule has 0 radical (unpaired) electrons. The number of unbranched alkanes of at least 4 members (excludes halogenated alkanes) is 1. The topological polar surface area (TPSA) is 60.6 Å². The van der Waals surface area contributed by atoms with E-state index in [4.69, 9.17) is 14.2 Å². The number of hydrogen-bond acceptors (Lipinski definition) is 4. The van der Waals surface area contributed by atoms with Crippen LogP contribution in [0.2, 0.25) is 0 Å². The Labute approximate surface area is 158 Å². The van der Waals surface area contributed by atoms with Crippen LogP contribution < -0.4 is 19.8 Å². The van der Waals surface area contributed by atoms with Gasteiger partial charge in [0.1, 0.15) is 5.75 Å². The standard InChI is InChI=1S/C22H25NO4/c1-5-6-7-16-17-12-19(26-3)20(27-4)13-18(17)22(24)23-21(16)14-8-10-15(25-2)11-9-14/h8-13H,5-7H2,1-4H3,(H,23,24). The van der Waals surface area contributed by atoms with Gasteiger partial charge in [0, 0.05) is 0 Å². The van der Waals surface area contributed by atoms with Gasteiger partial charge in [-0.05, 0) is 65.8 Å². The average Bonchev–Trinajstić information content (AvgIpc) is 2.72. The summed E-state index contributed by atoms with van der Waals surface area (Å²) in [5.41, 5.74) is 2.76. The minimum absolute atomic E-state index is 0.142. The first-order valence-corrected chi connectivity index (χ1v) is 9.08. The fraction of sp³-hybridized carbons (Fsp3) is 0.318. The lowest BCUT2D eigenvalue weighted by Gasteiger charge is -2.16. The molecule has 0 bridgehead atoms. The molecule has 5 heteroatoms. The Morgan fingerprint density at radius 1 is 0.889 bits per heavy atom. The van der Waals surface area contributed by atoms with Crippen molar-refractivity contribution < 1.29 is 14.2 Å².